The molecule has 0 aromatic carbocycles. The Balaban J connectivity index is 1.55. The SMILES string of the molecule is Fc1cncc(CNCCCN2CCOCC2)c1. The van der Waals surface area contributed by atoms with Gasteiger partial charge in [0.15, 0.2) is 0 Å². The second-order valence-electron chi connectivity index (χ2n) is 4.50. The lowest BCUT2D eigenvalue weighted by Gasteiger charge is -2.26. The van der Waals surface area contributed by atoms with Gasteiger partial charge in [-0.25, -0.2) is 4.39 Å². The Bertz CT molecular complexity index is 356. The van der Waals surface area contributed by atoms with Gasteiger partial charge in [-0.1, -0.05) is 0 Å². The summed E-state index contributed by atoms with van der Waals surface area (Å²) < 4.78 is 18.2. The first kappa shape index (κ1) is 13.4. The minimum Gasteiger partial charge on any atom is -0.379 e. The van der Waals surface area contributed by atoms with E-state index in [-0.39, 0.29) is 5.82 Å². The fourth-order valence-electron chi connectivity index (χ4n) is 2.04. The van der Waals surface area contributed by atoms with Crippen molar-refractivity contribution in [2.75, 3.05) is 39.4 Å². The Morgan fingerprint density at radius 1 is 1.33 bits per heavy atom. The number of pyridine rings is 1. The molecule has 0 unspecified atom stereocenters. The largest absolute Gasteiger partial charge is 0.379 e. The fourth-order valence-corrected chi connectivity index (χ4v) is 2.04. The van der Waals surface area contributed by atoms with Crippen LogP contribution < -0.4 is 5.32 Å². The summed E-state index contributed by atoms with van der Waals surface area (Å²) in [6, 6.07) is 1.52. The van der Waals surface area contributed by atoms with E-state index in [1.807, 2.05) is 0 Å². The van der Waals surface area contributed by atoms with Crippen molar-refractivity contribution in [1.29, 1.82) is 0 Å². The molecule has 1 saturated heterocycles. The van der Waals surface area contributed by atoms with Gasteiger partial charge in [-0.2, -0.15) is 0 Å². The predicted octanol–water partition coefficient (Wildman–Crippen LogP) is 1.03. The number of hydrogen-bond donors (Lipinski definition) is 1. The summed E-state index contributed by atoms with van der Waals surface area (Å²) in [7, 11) is 0. The molecule has 0 bridgehead atoms. The maximum absolute atomic E-state index is 12.9. The lowest BCUT2D eigenvalue weighted by molar-refractivity contribution is 0.0374. The maximum atomic E-state index is 12.9. The third kappa shape index (κ3) is 4.68. The van der Waals surface area contributed by atoms with Crippen LogP contribution in [-0.4, -0.2) is 49.3 Å². The number of nitrogens with zero attached hydrogens (tertiary/aromatic N) is 2. The summed E-state index contributed by atoms with van der Waals surface area (Å²) >= 11 is 0. The molecule has 0 saturated carbocycles. The average molecular weight is 253 g/mol. The number of aromatic nitrogens is 1. The van der Waals surface area contributed by atoms with Gasteiger partial charge in [0.05, 0.1) is 19.4 Å². The van der Waals surface area contributed by atoms with Crippen LogP contribution in [0.3, 0.4) is 0 Å². The van der Waals surface area contributed by atoms with Gasteiger partial charge in [-0.15, -0.1) is 0 Å². The highest BCUT2D eigenvalue weighted by atomic mass is 19.1. The molecule has 1 aliphatic rings. The van der Waals surface area contributed by atoms with Crippen LogP contribution in [0, 0.1) is 5.82 Å². The lowest BCUT2D eigenvalue weighted by Crippen LogP contribution is -2.37. The van der Waals surface area contributed by atoms with Crippen LogP contribution in [-0.2, 0) is 11.3 Å². The summed E-state index contributed by atoms with van der Waals surface area (Å²) in [5, 5.41) is 3.30. The monoisotopic (exact) mass is 253 g/mol. The molecule has 0 amide bonds. The second kappa shape index (κ2) is 7.41. The summed E-state index contributed by atoms with van der Waals surface area (Å²) in [5.74, 6) is -0.275. The molecule has 1 aromatic heterocycles. The quantitative estimate of drug-likeness (QED) is 0.769. The molecule has 18 heavy (non-hydrogen) atoms. The molecule has 0 radical (unpaired) electrons. The number of ether oxygens (including phenoxy) is 1. The summed E-state index contributed by atoms with van der Waals surface area (Å²) in [6.07, 6.45) is 4.02. The molecule has 0 atom stereocenters. The molecule has 0 aliphatic carbocycles. The third-order valence-corrected chi connectivity index (χ3v) is 3.02. The molecule has 2 heterocycles. The zero-order valence-corrected chi connectivity index (χ0v) is 10.6. The summed E-state index contributed by atoms with van der Waals surface area (Å²) in [5.41, 5.74) is 0.890. The molecule has 1 fully saturated rings. The first-order valence-electron chi connectivity index (χ1n) is 6.45. The van der Waals surface area contributed by atoms with E-state index in [9.17, 15) is 4.39 Å². The minimum absolute atomic E-state index is 0.275. The van der Waals surface area contributed by atoms with E-state index in [2.05, 4.69) is 15.2 Å². The topological polar surface area (TPSA) is 37.4 Å². The van der Waals surface area contributed by atoms with E-state index in [1.165, 1.54) is 12.3 Å². The van der Waals surface area contributed by atoms with Crippen molar-refractivity contribution in [3.63, 3.8) is 0 Å². The highest BCUT2D eigenvalue weighted by Gasteiger charge is 2.08. The molecule has 1 aliphatic heterocycles. The smallest absolute Gasteiger partial charge is 0.141 e. The highest BCUT2D eigenvalue weighted by Crippen LogP contribution is 2.00. The van der Waals surface area contributed by atoms with E-state index >= 15 is 0 Å². The van der Waals surface area contributed by atoms with Gasteiger partial charge in [0.2, 0.25) is 0 Å². The van der Waals surface area contributed by atoms with Crippen LogP contribution >= 0.6 is 0 Å². The second-order valence-corrected chi connectivity index (χ2v) is 4.50. The Morgan fingerprint density at radius 3 is 2.94 bits per heavy atom. The van der Waals surface area contributed by atoms with Crippen molar-refractivity contribution >= 4 is 0 Å². The van der Waals surface area contributed by atoms with Crippen molar-refractivity contribution in [2.24, 2.45) is 0 Å². The van der Waals surface area contributed by atoms with Crippen molar-refractivity contribution in [3.8, 4) is 0 Å². The Morgan fingerprint density at radius 2 is 2.17 bits per heavy atom. The van der Waals surface area contributed by atoms with Crippen molar-refractivity contribution < 1.29 is 9.13 Å². The zero-order chi connectivity index (χ0) is 12.6. The number of halogens is 1. The minimum atomic E-state index is -0.275. The predicted molar refractivity (Wildman–Crippen MR) is 67.8 cm³/mol. The molecule has 0 spiro atoms. The average Bonchev–Trinajstić information content (AvgIpc) is 2.40. The third-order valence-electron chi connectivity index (χ3n) is 3.02. The van der Waals surface area contributed by atoms with Gasteiger partial charge in [0.1, 0.15) is 5.82 Å². The Labute approximate surface area is 107 Å². The van der Waals surface area contributed by atoms with Crippen molar-refractivity contribution in [1.82, 2.24) is 15.2 Å². The van der Waals surface area contributed by atoms with Gasteiger partial charge >= 0.3 is 0 Å². The van der Waals surface area contributed by atoms with Crippen LogP contribution in [0.2, 0.25) is 0 Å². The standard InChI is InChI=1S/C13H20FN3O/c14-13-8-12(10-16-11-13)9-15-2-1-3-17-4-6-18-7-5-17/h8,10-11,15H,1-7,9H2. The number of rotatable bonds is 6. The lowest BCUT2D eigenvalue weighted by atomic mass is 10.2. The van der Waals surface area contributed by atoms with E-state index in [0.29, 0.717) is 6.54 Å². The normalized spacial score (nSPS) is 16.9. The van der Waals surface area contributed by atoms with Crippen LogP contribution in [0.4, 0.5) is 4.39 Å². The van der Waals surface area contributed by atoms with Crippen LogP contribution in [0.15, 0.2) is 18.5 Å². The Hall–Kier alpha value is -1.04. The molecule has 1 N–H and O–H groups in total. The first-order chi connectivity index (χ1) is 8.84. The van der Waals surface area contributed by atoms with Gasteiger partial charge in [0.25, 0.3) is 0 Å². The summed E-state index contributed by atoms with van der Waals surface area (Å²) in [6.45, 7) is 6.48. The van der Waals surface area contributed by atoms with E-state index in [1.54, 1.807) is 6.20 Å². The molecule has 5 heteroatoms. The molecule has 100 valence electrons. The maximum Gasteiger partial charge on any atom is 0.141 e. The zero-order valence-electron chi connectivity index (χ0n) is 10.6. The number of morpholine rings is 1. The van der Waals surface area contributed by atoms with Crippen LogP contribution in [0.1, 0.15) is 12.0 Å². The van der Waals surface area contributed by atoms with Gasteiger partial charge in [0, 0.05) is 25.8 Å². The molecular formula is C13H20FN3O. The van der Waals surface area contributed by atoms with Crippen molar-refractivity contribution in [2.45, 2.75) is 13.0 Å². The molecule has 1 aromatic rings. The molecular weight excluding hydrogens is 233 g/mol. The van der Waals surface area contributed by atoms with Gasteiger partial charge < -0.3 is 10.1 Å². The first-order valence-corrected chi connectivity index (χ1v) is 6.45. The Kier molecular flexibility index (Phi) is 5.51. The van der Waals surface area contributed by atoms with Crippen LogP contribution in [0.5, 0.6) is 0 Å². The van der Waals surface area contributed by atoms with Crippen LogP contribution in [0.25, 0.3) is 0 Å². The highest BCUT2D eigenvalue weighted by molar-refractivity contribution is 5.09. The fraction of sp³-hybridized carbons (Fsp3) is 0.615. The number of hydrogen-bond acceptors (Lipinski definition) is 4. The number of nitrogens with one attached hydrogen (secondary N) is 1. The summed E-state index contributed by atoms with van der Waals surface area (Å²) in [4.78, 5) is 6.23. The molecule has 2 rings (SSSR count). The van der Waals surface area contributed by atoms with E-state index in [4.69, 9.17) is 4.74 Å². The van der Waals surface area contributed by atoms with Gasteiger partial charge in [-0.3, -0.25) is 9.88 Å². The van der Waals surface area contributed by atoms with Gasteiger partial charge in [-0.05, 0) is 31.1 Å². The van der Waals surface area contributed by atoms with E-state index in [0.717, 1.165) is 51.4 Å². The van der Waals surface area contributed by atoms with Crippen molar-refractivity contribution in [3.05, 3.63) is 29.8 Å². The molecule has 4 nitrogen and oxygen atoms in total. The van der Waals surface area contributed by atoms with E-state index < -0.39 is 0 Å².